The monoisotopic (exact) mass is 371 g/mol. The van der Waals surface area contributed by atoms with Crippen molar-refractivity contribution in [3.8, 4) is 17.6 Å². The smallest absolute Gasteiger partial charge is 0.254 e. The molecule has 134 valence electrons. The van der Waals surface area contributed by atoms with Crippen LogP contribution in [0.4, 0.5) is 0 Å². The quantitative estimate of drug-likeness (QED) is 0.566. The fourth-order valence-electron chi connectivity index (χ4n) is 2.05. The van der Waals surface area contributed by atoms with Crippen molar-refractivity contribution >= 4 is 23.7 Å². The van der Waals surface area contributed by atoms with Gasteiger partial charge in [0.2, 0.25) is 0 Å². The van der Waals surface area contributed by atoms with E-state index in [9.17, 15) is 4.79 Å². The van der Waals surface area contributed by atoms with E-state index in [4.69, 9.17) is 26.3 Å². The largest absolute Gasteiger partial charge is 0.490 e. The summed E-state index contributed by atoms with van der Waals surface area (Å²) in [5.74, 6) is 0.678. The van der Waals surface area contributed by atoms with E-state index < -0.39 is 5.91 Å². The highest BCUT2D eigenvalue weighted by Gasteiger charge is 2.08. The van der Waals surface area contributed by atoms with Crippen LogP contribution in [-0.2, 0) is 11.4 Å². The van der Waals surface area contributed by atoms with E-state index in [1.807, 2.05) is 31.2 Å². The predicted octanol–water partition coefficient (Wildman–Crippen LogP) is 3.68. The maximum absolute atomic E-state index is 11.2. The number of nitriles is 1. The molecular weight excluding hydrogens is 354 g/mol. The number of benzene rings is 2. The van der Waals surface area contributed by atoms with Crippen molar-refractivity contribution in [2.24, 2.45) is 5.10 Å². The summed E-state index contributed by atoms with van der Waals surface area (Å²) in [6, 6.07) is 14.5. The van der Waals surface area contributed by atoms with E-state index in [0.717, 1.165) is 11.1 Å². The van der Waals surface area contributed by atoms with Crippen LogP contribution in [0.2, 0.25) is 5.02 Å². The molecule has 0 saturated carbocycles. The molecule has 6 nitrogen and oxygen atoms in total. The minimum atomic E-state index is -0.464. The number of hydrogen-bond donors (Lipinski definition) is 1. The zero-order chi connectivity index (χ0) is 18.8. The number of rotatable bonds is 8. The lowest BCUT2D eigenvalue weighted by Crippen LogP contribution is -2.16. The Labute approximate surface area is 157 Å². The van der Waals surface area contributed by atoms with Crippen molar-refractivity contribution in [3.05, 3.63) is 58.6 Å². The van der Waals surface area contributed by atoms with Crippen molar-refractivity contribution in [1.82, 2.24) is 5.43 Å². The third-order valence-corrected chi connectivity index (χ3v) is 3.62. The zero-order valence-electron chi connectivity index (χ0n) is 14.2. The number of halogens is 1. The molecular formula is C19H18ClN3O3. The molecule has 26 heavy (non-hydrogen) atoms. The number of carbonyl (C=O) groups is 1. The Hall–Kier alpha value is -3.04. The first-order chi connectivity index (χ1) is 12.6. The van der Waals surface area contributed by atoms with Crippen LogP contribution in [0.3, 0.4) is 0 Å². The summed E-state index contributed by atoms with van der Waals surface area (Å²) in [6.07, 6.45) is 1.23. The van der Waals surface area contributed by atoms with Crippen LogP contribution in [0.5, 0.6) is 11.5 Å². The Morgan fingerprint density at radius 2 is 2.08 bits per heavy atom. The third kappa shape index (κ3) is 5.80. The predicted molar refractivity (Wildman–Crippen MR) is 99.4 cm³/mol. The lowest BCUT2D eigenvalue weighted by Gasteiger charge is -2.13. The summed E-state index contributed by atoms with van der Waals surface area (Å²) in [7, 11) is 0. The molecule has 2 aromatic rings. The highest BCUT2D eigenvalue weighted by atomic mass is 35.5. The number of carbonyl (C=O) groups excluding carboxylic acids is 1. The molecule has 0 aliphatic rings. The van der Waals surface area contributed by atoms with E-state index >= 15 is 0 Å². The van der Waals surface area contributed by atoms with Gasteiger partial charge in [-0.3, -0.25) is 4.79 Å². The SMILES string of the molecule is CCOc1cc(C=NNC(=O)CC#N)ccc1OCc1ccccc1Cl. The molecule has 1 amide bonds. The van der Waals surface area contributed by atoms with Crippen molar-refractivity contribution < 1.29 is 14.3 Å². The summed E-state index contributed by atoms with van der Waals surface area (Å²) in [4.78, 5) is 11.2. The summed E-state index contributed by atoms with van der Waals surface area (Å²) >= 11 is 6.14. The average molecular weight is 372 g/mol. The Kier molecular flexibility index (Phi) is 7.47. The molecule has 0 bridgehead atoms. The topological polar surface area (TPSA) is 83.7 Å². The standard InChI is InChI=1S/C19H18ClN3O3/c1-2-25-18-11-14(12-22-23-19(24)9-10-21)7-8-17(18)26-13-15-5-3-4-6-16(15)20/h3-8,11-12H,2,9,13H2,1H3,(H,23,24). The number of amides is 1. The second-order valence-electron chi connectivity index (χ2n) is 5.15. The molecule has 0 aliphatic heterocycles. The van der Waals surface area contributed by atoms with Crippen LogP contribution >= 0.6 is 11.6 Å². The summed E-state index contributed by atoms with van der Waals surface area (Å²) in [5, 5.41) is 12.9. The van der Waals surface area contributed by atoms with Gasteiger partial charge in [-0.25, -0.2) is 5.43 Å². The van der Waals surface area contributed by atoms with Gasteiger partial charge >= 0.3 is 0 Å². The molecule has 0 radical (unpaired) electrons. The van der Waals surface area contributed by atoms with Gasteiger partial charge in [-0.1, -0.05) is 29.8 Å². The summed E-state index contributed by atoms with van der Waals surface area (Å²) in [5.41, 5.74) is 3.87. The Bertz CT molecular complexity index is 831. The average Bonchev–Trinajstić information content (AvgIpc) is 2.63. The van der Waals surface area contributed by atoms with Gasteiger partial charge in [-0.15, -0.1) is 0 Å². The van der Waals surface area contributed by atoms with E-state index in [1.165, 1.54) is 6.21 Å². The molecule has 0 aliphatic carbocycles. The van der Waals surface area contributed by atoms with Crippen LogP contribution in [0.15, 0.2) is 47.6 Å². The maximum atomic E-state index is 11.2. The molecule has 0 aromatic heterocycles. The molecule has 0 heterocycles. The van der Waals surface area contributed by atoms with E-state index in [-0.39, 0.29) is 6.42 Å². The minimum absolute atomic E-state index is 0.240. The minimum Gasteiger partial charge on any atom is -0.490 e. The van der Waals surface area contributed by atoms with Crippen LogP contribution in [0, 0.1) is 11.3 Å². The normalized spacial score (nSPS) is 10.3. The molecule has 0 saturated heterocycles. The molecule has 0 unspecified atom stereocenters. The second kappa shape index (κ2) is 10.1. The van der Waals surface area contributed by atoms with Gasteiger partial charge in [0.15, 0.2) is 11.5 Å². The van der Waals surface area contributed by atoms with Crippen LogP contribution in [0.25, 0.3) is 0 Å². The molecule has 0 spiro atoms. The van der Waals surface area contributed by atoms with Gasteiger partial charge < -0.3 is 9.47 Å². The first-order valence-corrected chi connectivity index (χ1v) is 8.33. The molecule has 2 aromatic carbocycles. The van der Waals surface area contributed by atoms with E-state index in [0.29, 0.717) is 29.7 Å². The zero-order valence-corrected chi connectivity index (χ0v) is 15.0. The second-order valence-corrected chi connectivity index (χ2v) is 5.55. The lowest BCUT2D eigenvalue weighted by molar-refractivity contribution is -0.120. The fraction of sp³-hybridized carbons (Fsp3) is 0.211. The van der Waals surface area contributed by atoms with Gasteiger partial charge in [-0.05, 0) is 36.8 Å². The van der Waals surface area contributed by atoms with Gasteiger partial charge in [0.25, 0.3) is 5.91 Å². The Morgan fingerprint density at radius 3 is 2.81 bits per heavy atom. The van der Waals surface area contributed by atoms with Gasteiger partial charge in [0, 0.05) is 10.6 Å². The van der Waals surface area contributed by atoms with Crippen molar-refractivity contribution in [2.75, 3.05) is 6.61 Å². The Morgan fingerprint density at radius 1 is 1.27 bits per heavy atom. The number of hydrogen-bond acceptors (Lipinski definition) is 5. The molecule has 7 heteroatoms. The highest BCUT2D eigenvalue weighted by molar-refractivity contribution is 6.31. The molecule has 2 rings (SSSR count). The van der Waals surface area contributed by atoms with E-state index in [2.05, 4.69) is 10.5 Å². The van der Waals surface area contributed by atoms with Gasteiger partial charge in [0.1, 0.15) is 13.0 Å². The van der Waals surface area contributed by atoms with E-state index in [1.54, 1.807) is 24.3 Å². The van der Waals surface area contributed by atoms with Gasteiger partial charge in [0.05, 0.1) is 18.9 Å². The number of nitrogens with zero attached hydrogens (tertiary/aromatic N) is 2. The first kappa shape index (κ1) is 19.3. The van der Waals surface area contributed by atoms with Crippen molar-refractivity contribution in [2.45, 2.75) is 20.0 Å². The van der Waals surface area contributed by atoms with Crippen molar-refractivity contribution in [3.63, 3.8) is 0 Å². The first-order valence-electron chi connectivity index (χ1n) is 7.96. The van der Waals surface area contributed by atoms with Gasteiger partial charge in [-0.2, -0.15) is 10.4 Å². The third-order valence-electron chi connectivity index (χ3n) is 3.25. The number of ether oxygens (including phenoxy) is 2. The maximum Gasteiger partial charge on any atom is 0.254 e. The van der Waals surface area contributed by atoms with Crippen LogP contribution in [0.1, 0.15) is 24.5 Å². The molecule has 1 N–H and O–H groups in total. The van der Waals surface area contributed by atoms with Crippen molar-refractivity contribution in [1.29, 1.82) is 5.26 Å². The summed E-state index contributed by atoms with van der Waals surface area (Å²) < 4.78 is 11.4. The molecule has 0 fully saturated rings. The lowest BCUT2D eigenvalue weighted by atomic mass is 10.2. The van der Waals surface area contributed by atoms with Crippen LogP contribution < -0.4 is 14.9 Å². The Balaban J connectivity index is 2.08. The number of nitrogens with one attached hydrogen (secondary N) is 1. The fourth-order valence-corrected chi connectivity index (χ4v) is 2.24. The number of hydrazone groups is 1. The molecule has 0 atom stereocenters. The van der Waals surface area contributed by atoms with Crippen LogP contribution in [-0.4, -0.2) is 18.7 Å². The summed E-state index contributed by atoms with van der Waals surface area (Å²) in [6.45, 7) is 2.67. The highest BCUT2D eigenvalue weighted by Crippen LogP contribution is 2.29.